The minimum atomic E-state index is 0.00572. The van der Waals surface area contributed by atoms with Gasteiger partial charge >= 0.3 is 0 Å². The molecule has 1 aliphatic rings. The van der Waals surface area contributed by atoms with Gasteiger partial charge in [0.05, 0.1) is 30.9 Å². The third kappa shape index (κ3) is 4.09. The molecule has 2 aromatic heterocycles. The maximum atomic E-state index is 13.7. The van der Waals surface area contributed by atoms with Gasteiger partial charge in [-0.2, -0.15) is 0 Å². The molecule has 4 rings (SSSR count). The first kappa shape index (κ1) is 20.4. The molecule has 0 saturated carbocycles. The Bertz CT molecular complexity index is 1070. The molecule has 1 aromatic carbocycles. The summed E-state index contributed by atoms with van der Waals surface area (Å²) in [6.45, 7) is 4.66. The summed E-state index contributed by atoms with van der Waals surface area (Å²) in [6, 6.07) is 7.63. The number of thiophene rings is 1. The van der Waals surface area contributed by atoms with E-state index in [0.717, 1.165) is 40.9 Å². The smallest absolute Gasteiger partial charge is 0.267 e. The maximum absolute atomic E-state index is 13.7. The average molecular weight is 431 g/mol. The van der Waals surface area contributed by atoms with Crippen LogP contribution in [0.15, 0.2) is 34.2 Å². The summed E-state index contributed by atoms with van der Waals surface area (Å²) in [5.41, 5.74) is 1.95. The molecule has 154 valence electrons. The highest BCUT2D eigenvalue weighted by atomic mass is 32.2. The SMILES string of the molecule is COc1ccccc1-n1c(SCCOC(C)C)nc2sc3c(c2c1=O)CCCC3. The second-order valence-corrected chi connectivity index (χ2v) is 9.51. The fourth-order valence-electron chi connectivity index (χ4n) is 3.73. The monoisotopic (exact) mass is 430 g/mol. The number of ether oxygens (including phenoxy) is 2. The molecule has 29 heavy (non-hydrogen) atoms. The molecule has 0 spiro atoms. The van der Waals surface area contributed by atoms with Gasteiger partial charge in [-0.1, -0.05) is 23.9 Å². The van der Waals surface area contributed by atoms with Crippen LogP contribution in [0.5, 0.6) is 5.75 Å². The first-order chi connectivity index (χ1) is 14.1. The summed E-state index contributed by atoms with van der Waals surface area (Å²) in [5.74, 6) is 1.40. The van der Waals surface area contributed by atoms with E-state index in [1.807, 2.05) is 38.1 Å². The summed E-state index contributed by atoms with van der Waals surface area (Å²) >= 11 is 3.24. The number of hydrogen-bond donors (Lipinski definition) is 0. The maximum Gasteiger partial charge on any atom is 0.267 e. The Balaban J connectivity index is 1.86. The largest absolute Gasteiger partial charge is 0.495 e. The summed E-state index contributed by atoms with van der Waals surface area (Å²) in [7, 11) is 1.63. The van der Waals surface area contributed by atoms with Crippen LogP contribution in [0.4, 0.5) is 0 Å². The lowest BCUT2D eigenvalue weighted by Gasteiger charge is -2.16. The molecule has 2 heterocycles. The zero-order valence-electron chi connectivity index (χ0n) is 17.1. The minimum absolute atomic E-state index is 0.00572. The molecular formula is C22H26N2O3S2. The van der Waals surface area contributed by atoms with Crippen LogP contribution in [-0.4, -0.2) is 35.1 Å². The van der Waals surface area contributed by atoms with Gasteiger partial charge in [-0.05, 0) is 57.2 Å². The highest BCUT2D eigenvalue weighted by Gasteiger charge is 2.23. The van der Waals surface area contributed by atoms with Crippen molar-refractivity contribution in [3.63, 3.8) is 0 Å². The van der Waals surface area contributed by atoms with E-state index in [-0.39, 0.29) is 11.7 Å². The lowest BCUT2D eigenvalue weighted by Crippen LogP contribution is -2.23. The van der Waals surface area contributed by atoms with Crippen molar-refractivity contribution in [3.8, 4) is 11.4 Å². The molecule has 1 aliphatic carbocycles. The summed E-state index contributed by atoms with van der Waals surface area (Å²) in [6.07, 6.45) is 4.53. The standard InChI is InChI=1S/C22H26N2O3S2/c1-14(2)27-12-13-28-22-23-20-19(15-8-4-7-11-18(15)29-20)21(25)24(22)16-9-5-6-10-17(16)26-3/h5-6,9-10,14H,4,7-8,11-13H2,1-3H3. The second kappa shape index (κ2) is 8.90. The number of hydrogen-bond acceptors (Lipinski definition) is 6. The van der Waals surface area contributed by atoms with Crippen molar-refractivity contribution in [2.24, 2.45) is 0 Å². The Kier molecular flexibility index (Phi) is 6.27. The molecule has 0 unspecified atom stereocenters. The topological polar surface area (TPSA) is 53.4 Å². The Morgan fingerprint density at radius 2 is 2.03 bits per heavy atom. The van der Waals surface area contributed by atoms with E-state index in [9.17, 15) is 4.79 Å². The second-order valence-electron chi connectivity index (χ2n) is 7.37. The molecule has 0 radical (unpaired) electrons. The fourth-order valence-corrected chi connectivity index (χ4v) is 5.86. The van der Waals surface area contributed by atoms with Gasteiger partial charge in [0, 0.05) is 10.6 Å². The number of methoxy groups -OCH3 is 1. The third-order valence-electron chi connectivity index (χ3n) is 5.05. The molecule has 0 fully saturated rings. The highest BCUT2D eigenvalue weighted by molar-refractivity contribution is 7.99. The molecule has 0 amide bonds. The normalized spacial score (nSPS) is 13.8. The number of rotatable bonds is 7. The van der Waals surface area contributed by atoms with E-state index >= 15 is 0 Å². The lowest BCUT2D eigenvalue weighted by atomic mass is 9.97. The van der Waals surface area contributed by atoms with E-state index < -0.39 is 0 Å². The van der Waals surface area contributed by atoms with Crippen molar-refractivity contribution in [1.29, 1.82) is 0 Å². The van der Waals surface area contributed by atoms with Crippen molar-refractivity contribution in [2.45, 2.75) is 50.8 Å². The van der Waals surface area contributed by atoms with E-state index in [4.69, 9.17) is 14.5 Å². The first-order valence-electron chi connectivity index (χ1n) is 10.0. The van der Waals surface area contributed by atoms with E-state index in [2.05, 4.69) is 0 Å². The Morgan fingerprint density at radius 3 is 2.83 bits per heavy atom. The zero-order chi connectivity index (χ0) is 20.4. The Labute approximate surface area is 179 Å². The van der Waals surface area contributed by atoms with Crippen LogP contribution in [0, 0.1) is 0 Å². The van der Waals surface area contributed by atoms with Gasteiger partial charge < -0.3 is 9.47 Å². The number of para-hydroxylation sites is 2. The van der Waals surface area contributed by atoms with Gasteiger partial charge in [-0.3, -0.25) is 9.36 Å². The molecule has 0 saturated heterocycles. The van der Waals surface area contributed by atoms with E-state index in [0.29, 0.717) is 17.5 Å². The van der Waals surface area contributed by atoms with Crippen molar-refractivity contribution < 1.29 is 9.47 Å². The van der Waals surface area contributed by atoms with Gasteiger partial charge in [0.2, 0.25) is 0 Å². The van der Waals surface area contributed by atoms with Gasteiger partial charge in [0.1, 0.15) is 10.6 Å². The highest BCUT2D eigenvalue weighted by Crippen LogP contribution is 2.36. The molecule has 0 aliphatic heterocycles. The number of aryl methyl sites for hydroxylation is 2. The average Bonchev–Trinajstić information content (AvgIpc) is 3.10. The predicted octanol–water partition coefficient (Wildman–Crippen LogP) is 4.85. The van der Waals surface area contributed by atoms with Crippen molar-refractivity contribution in [2.75, 3.05) is 19.5 Å². The van der Waals surface area contributed by atoms with Gasteiger partial charge in [0.15, 0.2) is 5.16 Å². The van der Waals surface area contributed by atoms with Crippen LogP contribution in [-0.2, 0) is 17.6 Å². The van der Waals surface area contributed by atoms with Crippen LogP contribution in [0.25, 0.3) is 15.9 Å². The van der Waals surface area contributed by atoms with Crippen LogP contribution in [0.1, 0.15) is 37.1 Å². The van der Waals surface area contributed by atoms with Crippen LogP contribution in [0.3, 0.4) is 0 Å². The number of benzene rings is 1. The quantitative estimate of drug-likeness (QED) is 0.305. The number of nitrogens with zero attached hydrogens (tertiary/aromatic N) is 2. The number of thioether (sulfide) groups is 1. The van der Waals surface area contributed by atoms with Crippen LogP contribution >= 0.6 is 23.1 Å². The van der Waals surface area contributed by atoms with Gasteiger partial charge in [0.25, 0.3) is 5.56 Å². The van der Waals surface area contributed by atoms with Gasteiger partial charge in [-0.25, -0.2) is 4.98 Å². The van der Waals surface area contributed by atoms with Crippen LogP contribution < -0.4 is 10.3 Å². The molecule has 7 heteroatoms. The third-order valence-corrected chi connectivity index (χ3v) is 7.14. The van der Waals surface area contributed by atoms with Crippen molar-refractivity contribution >= 4 is 33.3 Å². The number of fused-ring (bicyclic) bond motifs is 3. The Hall–Kier alpha value is -1.83. The van der Waals surface area contributed by atoms with Crippen molar-refractivity contribution in [3.05, 3.63) is 45.1 Å². The minimum Gasteiger partial charge on any atom is -0.495 e. The molecule has 0 atom stereocenters. The Morgan fingerprint density at radius 1 is 1.24 bits per heavy atom. The zero-order valence-corrected chi connectivity index (χ0v) is 18.7. The molecule has 5 nitrogen and oxygen atoms in total. The van der Waals surface area contributed by atoms with Crippen LogP contribution in [0.2, 0.25) is 0 Å². The predicted molar refractivity (Wildman–Crippen MR) is 120 cm³/mol. The molecule has 0 bridgehead atoms. The fraction of sp³-hybridized carbons (Fsp3) is 0.455. The van der Waals surface area contributed by atoms with E-state index in [1.165, 1.54) is 16.9 Å². The van der Waals surface area contributed by atoms with E-state index in [1.54, 1.807) is 34.8 Å². The summed E-state index contributed by atoms with van der Waals surface area (Å²) in [4.78, 5) is 20.9. The summed E-state index contributed by atoms with van der Waals surface area (Å²) in [5, 5.41) is 1.48. The van der Waals surface area contributed by atoms with Crippen molar-refractivity contribution in [1.82, 2.24) is 9.55 Å². The van der Waals surface area contributed by atoms with Gasteiger partial charge in [-0.15, -0.1) is 11.3 Å². The molecule has 3 aromatic rings. The summed E-state index contributed by atoms with van der Waals surface area (Å²) < 4.78 is 13.0. The molecular weight excluding hydrogens is 404 g/mol. The lowest BCUT2D eigenvalue weighted by molar-refractivity contribution is 0.0920. The molecule has 0 N–H and O–H groups in total. The first-order valence-corrected chi connectivity index (χ1v) is 11.9. The number of aromatic nitrogens is 2.